The molecule has 0 atom stereocenters. The molecule has 150 valence electrons. The van der Waals surface area contributed by atoms with E-state index in [1.54, 1.807) is 28.0 Å². The summed E-state index contributed by atoms with van der Waals surface area (Å²) >= 11 is 6.06. The van der Waals surface area contributed by atoms with Gasteiger partial charge in [0.1, 0.15) is 5.60 Å². The first-order valence-electron chi connectivity index (χ1n) is 9.00. The molecule has 1 saturated heterocycles. The van der Waals surface area contributed by atoms with Crippen LogP contribution in [0.1, 0.15) is 31.3 Å². The van der Waals surface area contributed by atoms with Crippen molar-refractivity contribution in [1.82, 2.24) is 19.6 Å². The molecule has 3 rings (SSSR count). The number of piperazine rings is 1. The highest BCUT2D eigenvalue weighted by molar-refractivity contribution is 6.31. The molecule has 1 fully saturated rings. The molecule has 28 heavy (non-hydrogen) atoms. The van der Waals surface area contributed by atoms with Crippen LogP contribution in [0, 0.1) is 0 Å². The predicted molar refractivity (Wildman–Crippen MR) is 106 cm³/mol. The number of nitrogens with zero attached hydrogens (tertiary/aromatic N) is 4. The second-order valence-corrected chi connectivity index (χ2v) is 8.16. The van der Waals surface area contributed by atoms with Crippen LogP contribution in [0.4, 0.5) is 4.79 Å². The van der Waals surface area contributed by atoms with Gasteiger partial charge in [0.15, 0.2) is 5.69 Å². The van der Waals surface area contributed by atoms with Crippen LogP contribution in [-0.2, 0) is 11.8 Å². The Morgan fingerprint density at radius 2 is 1.68 bits per heavy atom. The molecule has 1 aromatic carbocycles. The van der Waals surface area contributed by atoms with Gasteiger partial charge < -0.3 is 14.5 Å². The Hall–Kier alpha value is -2.61. The van der Waals surface area contributed by atoms with Crippen LogP contribution < -0.4 is 5.56 Å². The van der Waals surface area contributed by atoms with E-state index in [2.05, 4.69) is 5.10 Å². The fourth-order valence-corrected chi connectivity index (χ4v) is 3.22. The third-order valence-corrected chi connectivity index (χ3v) is 4.67. The van der Waals surface area contributed by atoms with Gasteiger partial charge in [0.2, 0.25) is 0 Å². The van der Waals surface area contributed by atoms with E-state index in [0.717, 1.165) is 4.68 Å². The lowest BCUT2D eigenvalue weighted by atomic mass is 10.1. The Bertz CT molecular complexity index is 988. The van der Waals surface area contributed by atoms with Crippen molar-refractivity contribution in [3.05, 3.63) is 39.3 Å². The first-order chi connectivity index (χ1) is 13.1. The van der Waals surface area contributed by atoms with Crippen molar-refractivity contribution in [2.24, 2.45) is 7.05 Å². The van der Waals surface area contributed by atoms with Crippen molar-refractivity contribution in [2.75, 3.05) is 26.2 Å². The minimum Gasteiger partial charge on any atom is -0.444 e. The largest absolute Gasteiger partial charge is 0.444 e. The zero-order valence-electron chi connectivity index (χ0n) is 16.4. The number of amides is 2. The summed E-state index contributed by atoms with van der Waals surface area (Å²) in [5.74, 6) is -0.299. The highest BCUT2D eigenvalue weighted by Crippen LogP contribution is 2.21. The Morgan fingerprint density at radius 3 is 2.29 bits per heavy atom. The predicted octanol–water partition coefficient (Wildman–Crippen LogP) is 2.28. The van der Waals surface area contributed by atoms with E-state index in [1.807, 2.05) is 20.8 Å². The molecule has 1 aliphatic rings. The van der Waals surface area contributed by atoms with Crippen LogP contribution in [0.3, 0.4) is 0 Å². The average Bonchev–Trinajstić information content (AvgIpc) is 2.62. The van der Waals surface area contributed by atoms with Crippen molar-refractivity contribution < 1.29 is 14.3 Å². The molecular weight excluding hydrogens is 384 g/mol. The lowest BCUT2D eigenvalue weighted by molar-refractivity contribution is 0.0140. The van der Waals surface area contributed by atoms with Crippen molar-refractivity contribution in [3.8, 4) is 0 Å². The molecule has 0 N–H and O–H groups in total. The maximum absolute atomic E-state index is 13.1. The number of hydrogen-bond donors (Lipinski definition) is 0. The smallest absolute Gasteiger partial charge is 0.410 e. The number of hydrogen-bond acceptors (Lipinski definition) is 5. The molecule has 0 radical (unpaired) electrons. The summed E-state index contributed by atoms with van der Waals surface area (Å²) in [5, 5.41) is 5.40. The third kappa shape index (κ3) is 4.11. The molecule has 0 saturated carbocycles. The summed E-state index contributed by atoms with van der Waals surface area (Å²) in [5.41, 5.74) is -0.690. The number of fused-ring (bicyclic) bond motifs is 1. The fraction of sp³-hybridized carbons (Fsp3) is 0.474. The second-order valence-electron chi connectivity index (χ2n) is 7.73. The average molecular weight is 407 g/mol. The van der Waals surface area contributed by atoms with E-state index in [0.29, 0.717) is 42.0 Å². The Labute approximate surface area is 167 Å². The van der Waals surface area contributed by atoms with Crippen molar-refractivity contribution >= 4 is 34.4 Å². The van der Waals surface area contributed by atoms with Crippen LogP contribution in [0.15, 0.2) is 23.0 Å². The van der Waals surface area contributed by atoms with Gasteiger partial charge in [-0.2, -0.15) is 5.10 Å². The summed E-state index contributed by atoms with van der Waals surface area (Å²) in [7, 11) is 1.51. The SMILES string of the molecule is Cn1nc(C(=O)N2CCN(C(=O)OC(C)(C)C)CC2)c2cc(Cl)ccc2c1=O. The molecule has 1 aromatic heterocycles. The summed E-state index contributed by atoms with van der Waals surface area (Å²) < 4.78 is 6.53. The van der Waals surface area contributed by atoms with Crippen molar-refractivity contribution in [3.63, 3.8) is 0 Å². The van der Waals surface area contributed by atoms with E-state index in [1.165, 1.54) is 7.05 Å². The normalized spacial score (nSPS) is 15.0. The zero-order valence-corrected chi connectivity index (χ0v) is 17.1. The van der Waals surface area contributed by atoms with Gasteiger partial charge in [-0.05, 0) is 39.0 Å². The van der Waals surface area contributed by atoms with Gasteiger partial charge in [0, 0.05) is 43.6 Å². The number of halogens is 1. The molecular formula is C19H23ClN4O4. The third-order valence-electron chi connectivity index (χ3n) is 4.43. The minimum atomic E-state index is -0.568. The van der Waals surface area contributed by atoms with Gasteiger partial charge in [-0.15, -0.1) is 0 Å². The van der Waals surface area contributed by atoms with E-state index >= 15 is 0 Å². The molecule has 1 aliphatic heterocycles. The topological polar surface area (TPSA) is 84.7 Å². The van der Waals surface area contributed by atoms with Crippen LogP contribution in [0.2, 0.25) is 5.02 Å². The first kappa shape index (κ1) is 20.1. The second kappa shape index (κ2) is 7.43. The molecule has 9 heteroatoms. The summed E-state index contributed by atoms with van der Waals surface area (Å²) in [6, 6.07) is 4.79. The molecule has 0 bridgehead atoms. The van der Waals surface area contributed by atoms with Crippen molar-refractivity contribution in [1.29, 1.82) is 0 Å². The number of carbonyl (C=O) groups is 2. The molecule has 2 amide bonds. The molecule has 0 spiro atoms. The fourth-order valence-electron chi connectivity index (χ4n) is 3.05. The number of benzene rings is 1. The number of aromatic nitrogens is 2. The Balaban J connectivity index is 1.81. The van der Waals surface area contributed by atoms with Gasteiger partial charge in [0.25, 0.3) is 11.5 Å². The van der Waals surface area contributed by atoms with Crippen LogP contribution >= 0.6 is 11.6 Å². The van der Waals surface area contributed by atoms with E-state index in [4.69, 9.17) is 16.3 Å². The van der Waals surface area contributed by atoms with Gasteiger partial charge in [-0.25, -0.2) is 9.48 Å². The molecule has 2 aromatic rings. The quantitative estimate of drug-likeness (QED) is 0.725. The molecule has 0 aliphatic carbocycles. The highest BCUT2D eigenvalue weighted by Gasteiger charge is 2.29. The highest BCUT2D eigenvalue weighted by atomic mass is 35.5. The lowest BCUT2D eigenvalue weighted by Gasteiger charge is -2.35. The van der Waals surface area contributed by atoms with Crippen molar-refractivity contribution in [2.45, 2.75) is 26.4 Å². The monoisotopic (exact) mass is 406 g/mol. The zero-order chi connectivity index (χ0) is 20.6. The van der Waals surface area contributed by atoms with Gasteiger partial charge >= 0.3 is 6.09 Å². The molecule has 8 nitrogen and oxygen atoms in total. The Morgan fingerprint density at radius 1 is 1.07 bits per heavy atom. The lowest BCUT2D eigenvalue weighted by Crippen LogP contribution is -2.52. The number of aryl methyl sites for hydroxylation is 1. The van der Waals surface area contributed by atoms with E-state index in [9.17, 15) is 14.4 Å². The van der Waals surface area contributed by atoms with E-state index in [-0.39, 0.29) is 17.2 Å². The number of ether oxygens (including phenoxy) is 1. The van der Waals surface area contributed by atoms with E-state index < -0.39 is 11.7 Å². The van der Waals surface area contributed by atoms with Crippen LogP contribution in [0.25, 0.3) is 10.8 Å². The van der Waals surface area contributed by atoms with Gasteiger partial charge in [-0.3, -0.25) is 9.59 Å². The minimum absolute atomic E-state index is 0.172. The molecule has 2 heterocycles. The summed E-state index contributed by atoms with van der Waals surface area (Å²) in [6.45, 7) is 6.87. The van der Waals surface area contributed by atoms with Gasteiger partial charge in [-0.1, -0.05) is 11.6 Å². The van der Waals surface area contributed by atoms with Crippen LogP contribution in [-0.4, -0.2) is 63.4 Å². The van der Waals surface area contributed by atoms with Crippen LogP contribution in [0.5, 0.6) is 0 Å². The maximum atomic E-state index is 13.1. The van der Waals surface area contributed by atoms with Gasteiger partial charge in [0.05, 0.1) is 5.39 Å². The number of rotatable bonds is 1. The first-order valence-corrected chi connectivity index (χ1v) is 9.38. The maximum Gasteiger partial charge on any atom is 0.410 e. The Kier molecular flexibility index (Phi) is 5.34. The number of carbonyl (C=O) groups excluding carboxylic acids is 2. The summed E-state index contributed by atoms with van der Waals surface area (Å²) in [4.78, 5) is 40.8. The standard InChI is InChI=1S/C19H23ClN4O4/c1-19(2,3)28-18(27)24-9-7-23(8-10-24)17(26)15-14-11-12(20)5-6-13(14)16(25)22(4)21-15/h5-6,11H,7-10H2,1-4H3. The summed E-state index contributed by atoms with van der Waals surface area (Å²) in [6.07, 6.45) is -0.392. The molecule has 0 unspecified atom stereocenters.